The van der Waals surface area contributed by atoms with Gasteiger partial charge in [0.05, 0.1) is 0 Å². The van der Waals surface area contributed by atoms with E-state index in [9.17, 15) is 19.2 Å². The van der Waals surface area contributed by atoms with E-state index in [4.69, 9.17) is 10.8 Å². The zero-order valence-electron chi connectivity index (χ0n) is 14.1. The first-order valence-electron chi connectivity index (χ1n) is 8.45. The molecule has 0 saturated carbocycles. The van der Waals surface area contributed by atoms with Crippen LogP contribution in [0.15, 0.2) is 0 Å². The molecule has 3 amide bonds. The van der Waals surface area contributed by atoms with E-state index in [-0.39, 0.29) is 31.1 Å². The lowest BCUT2D eigenvalue weighted by Crippen LogP contribution is -2.34. The van der Waals surface area contributed by atoms with Gasteiger partial charge in [-0.3, -0.25) is 19.2 Å². The molecule has 0 aromatic heterocycles. The number of carboxylic acid groups (broad SMARTS) is 1. The average Bonchev–Trinajstić information content (AvgIpc) is 2.51. The lowest BCUT2D eigenvalue weighted by atomic mass is 10.1. The van der Waals surface area contributed by atoms with Crippen LogP contribution in [0.1, 0.15) is 64.2 Å². The SMILES string of the molecule is NC(=O)CCC(=O)NCCNC(=O)CCCCCCCCC(=O)O. The third kappa shape index (κ3) is 16.3. The van der Waals surface area contributed by atoms with Gasteiger partial charge in [-0.2, -0.15) is 0 Å². The zero-order chi connectivity index (χ0) is 18.2. The van der Waals surface area contributed by atoms with E-state index in [1.54, 1.807) is 0 Å². The van der Waals surface area contributed by atoms with Gasteiger partial charge in [-0.1, -0.05) is 25.7 Å². The predicted octanol–water partition coefficient (Wildman–Crippen LogP) is 0.690. The monoisotopic (exact) mass is 343 g/mol. The lowest BCUT2D eigenvalue weighted by Gasteiger charge is -2.07. The Morgan fingerprint density at radius 1 is 0.667 bits per heavy atom. The van der Waals surface area contributed by atoms with E-state index < -0.39 is 11.9 Å². The summed E-state index contributed by atoms with van der Waals surface area (Å²) >= 11 is 0. The summed E-state index contributed by atoms with van der Waals surface area (Å²) in [5.41, 5.74) is 4.94. The van der Waals surface area contributed by atoms with Crippen molar-refractivity contribution in [2.45, 2.75) is 64.2 Å². The highest BCUT2D eigenvalue weighted by molar-refractivity contribution is 5.82. The Kier molecular flexibility index (Phi) is 13.2. The number of carbonyl (C=O) groups is 4. The highest BCUT2D eigenvalue weighted by Gasteiger charge is 2.04. The number of hydrogen-bond acceptors (Lipinski definition) is 4. The molecule has 0 aromatic carbocycles. The van der Waals surface area contributed by atoms with Gasteiger partial charge in [0.1, 0.15) is 0 Å². The molecule has 0 aliphatic rings. The molecule has 0 aliphatic carbocycles. The summed E-state index contributed by atoms with van der Waals surface area (Å²) in [6, 6.07) is 0. The molecule has 0 atom stereocenters. The molecule has 138 valence electrons. The summed E-state index contributed by atoms with van der Waals surface area (Å²) in [5, 5.41) is 13.8. The molecule has 0 bridgehead atoms. The second-order valence-electron chi connectivity index (χ2n) is 5.68. The first-order chi connectivity index (χ1) is 11.4. The maximum Gasteiger partial charge on any atom is 0.303 e. The third-order valence-electron chi connectivity index (χ3n) is 3.41. The molecule has 0 fully saturated rings. The molecule has 0 rings (SSSR count). The number of unbranched alkanes of at least 4 members (excludes halogenated alkanes) is 5. The number of nitrogens with one attached hydrogen (secondary N) is 2. The molecule has 8 heteroatoms. The Balaban J connectivity index is 3.36. The Morgan fingerprint density at radius 3 is 1.62 bits per heavy atom. The lowest BCUT2D eigenvalue weighted by molar-refractivity contribution is -0.137. The molecule has 24 heavy (non-hydrogen) atoms. The predicted molar refractivity (Wildman–Crippen MR) is 89.0 cm³/mol. The van der Waals surface area contributed by atoms with Crippen LogP contribution in [0.4, 0.5) is 0 Å². The van der Waals surface area contributed by atoms with E-state index in [0.29, 0.717) is 25.9 Å². The molecule has 5 N–H and O–H groups in total. The van der Waals surface area contributed by atoms with Crippen LogP contribution in [0.5, 0.6) is 0 Å². The van der Waals surface area contributed by atoms with Crippen molar-refractivity contribution in [2.75, 3.05) is 13.1 Å². The van der Waals surface area contributed by atoms with Crippen molar-refractivity contribution in [3.05, 3.63) is 0 Å². The summed E-state index contributed by atoms with van der Waals surface area (Å²) in [7, 11) is 0. The minimum atomic E-state index is -0.754. The quantitative estimate of drug-likeness (QED) is 0.324. The molecule has 0 unspecified atom stereocenters. The van der Waals surface area contributed by atoms with Gasteiger partial charge < -0.3 is 21.5 Å². The fourth-order valence-electron chi connectivity index (χ4n) is 2.09. The van der Waals surface area contributed by atoms with Crippen LogP contribution in [0, 0.1) is 0 Å². The van der Waals surface area contributed by atoms with Gasteiger partial charge in [0, 0.05) is 38.8 Å². The largest absolute Gasteiger partial charge is 0.481 e. The van der Waals surface area contributed by atoms with Crippen LogP contribution in [0.2, 0.25) is 0 Å². The van der Waals surface area contributed by atoms with Gasteiger partial charge >= 0.3 is 5.97 Å². The summed E-state index contributed by atoms with van der Waals surface area (Å²) < 4.78 is 0. The standard InChI is InChI=1S/C16H29N3O5/c17-13(20)9-10-15(22)19-12-11-18-14(21)7-5-3-1-2-4-6-8-16(23)24/h1-12H2,(H2,17,20)(H,18,21)(H,19,22)(H,23,24). The van der Waals surface area contributed by atoms with Crippen molar-refractivity contribution < 1.29 is 24.3 Å². The molecular formula is C16H29N3O5. The van der Waals surface area contributed by atoms with Crippen LogP contribution >= 0.6 is 0 Å². The highest BCUT2D eigenvalue weighted by Crippen LogP contribution is 2.08. The number of primary amides is 1. The molecule has 0 radical (unpaired) electrons. The number of hydrogen-bond donors (Lipinski definition) is 4. The maximum absolute atomic E-state index is 11.6. The third-order valence-corrected chi connectivity index (χ3v) is 3.41. The number of aliphatic carboxylic acids is 1. The van der Waals surface area contributed by atoms with Crippen LogP contribution < -0.4 is 16.4 Å². The number of nitrogens with two attached hydrogens (primary N) is 1. The average molecular weight is 343 g/mol. The van der Waals surface area contributed by atoms with E-state index in [1.807, 2.05) is 0 Å². The van der Waals surface area contributed by atoms with Crippen molar-refractivity contribution in [3.8, 4) is 0 Å². The van der Waals surface area contributed by atoms with E-state index in [1.165, 1.54) is 0 Å². The minimum Gasteiger partial charge on any atom is -0.481 e. The van der Waals surface area contributed by atoms with E-state index in [2.05, 4.69) is 10.6 Å². The number of rotatable bonds is 15. The molecule has 0 aliphatic heterocycles. The highest BCUT2D eigenvalue weighted by atomic mass is 16.4. The number of carboxylic acids is 1. The Bertz CT molecular complexity index is 413. The molecule has 0 aromatic rings. The normalized spacial score (nSPS) is 10.2. The van der Waals surface area contributed by atoms with Crippen LogP contribution in [0.25, 0.3) is 0 Å². The fraction of sp³-hybridized carbons (Fsp3) is 0.750. The van der Waals surface area contributed by atoms with Crippen molar-refractivity contribution in [2.24, 2.45) is 5.73 Å². The van der Waals surface area contributed by atoms with Gasteiger partial charge in [-0.05, 0) is 12.8 Å². The first kappa shape index (κ1) is 21.9. The van der Waals surface area contributed by atoms with Crippen LogP contribution in [0.3, 0.4) is 0 Å². The van der Waals surface area contributed by atoms with Gasteiger partial charge in [-0.25, -0.2) is 0 Å². The fourth-order valence-corrected chi connectivity index (χ4v) is 2.09. The molecule has 0 spiro atoms. The number of amides is 3. The summed E-state index contributed by atoms with van der Waals surface area (Å²) in [5.74, 6) is -1.57. The zero-order valence-corrected chi connectivity index (χ0v) is 14.1. The topological polar surface area (TPSA) is 139 Å². The van der Waals surface area contributed by atoms with Crippen molar-refractivity contribution >= 4 is 23.7 Å². The summed E-state index contributed by atoms with van der Waals surface area (Å²) in [6.45, 7) is 0.684. The van der Waals surface area contributed by atoms with Crippen molar-refractivity contribution in [1.82, 2.24) is 10.6 Å². The van der Waals surface area contributed by atoms with Crippen molar-refractivity contribution in [3.63, 3.8) is 0 Å². The maximum atomic E-state index is 11.6. The van der Waals surface area contributed by atoms with E-state index >= 15 is 0 Å². The van der Waals surface area contributed by atoms with E-state index in [0.717, 1.165) is 32.1 Å². The van der Waals surface area contributed by atoms with Gasteiger partial charge in [-0.15, -0.1) is 0 Å². The molecular weight excluding hydrogens is 314 g/mol. The Hall–Kier alpha value is -2.12. The molecule has 0 saturated heterocycles. The van der Waals surface area contributed by atoms with Crippen LogP contribution in [-0.2, 0) is 19.2 Å². The second kappa shape index (κ2) is 14.5. The number of carbonyl (C=O) groups excluding carboxylic acids is 3. The second-order valence-corrected chi connectivity index (χ2v) is 5.68. The molecule has 8 nitrogen and oxygen atoms in total. The summed E-state index contributed by atoms with van der Waals surface area (Å²) in [6.07, 6.45) is 6.13. The smallest absolute Gasteiger partial charge is 0.303 e. The first-order valence-corrected chi connectivity index (χ1v) is 8.45. The van der Waals surface area contributed by atoms with Gasteiger partial charge in [0.25, 0.3) is 0 Å². The minimum absolute atomic E-state index is 0.0223. The Labute approximate surface area is 142 Å². The van der Waals surface area contributed by atoms with Crippen LogP contribution in [-0.4, -0.2) is 41.9 Å². The van der Waals surface area contributed by atoms with Crippen molar-refractivity contribution in [1.29, 1.82) is 0 Å². The van der Waals surface area contributed by atoms with Gasteiger partial charge in [0.15, 0.2) is 0 Å². The molecule has 0 heterocycles. The summed E-state index contributed by atoms with van der Waals surface area (Å²) in [4.78, 5) is 43.7. The Morgan fingerprint density at radius 2 is 1.12 bits per heavy atom. The van der Waals surface area contributed by atoms with Gasteiger partial charge in [0.2, 0.25) is 17.7 Å².